The quantitative estimate of drug-likeness (QED) is 0.338. The summed E-state index contributed by atoms with van der Waals surface area (Å²) in [6.45, 7) is 3.23. The number of carbonyl (C=O) groups is 2. The van der Waals surface area contributed by atoms with Crippen molar-refractivity contribution in [1.29, 1.82) is 0 Å². The van der Waals surface area contributed by atoms with E-state index in [-0.39, 0.29) is 6.42 Å². The van der Waals surface area contributed by atoms with Crippen molar-refractivity contribution in [3.63, 3.8) is 0 Å². The summed E-state index contributed by atoms with van der Waals surface area (Å²) in [5, 5.41) is 0. The first-order chi connectivity index (χ1) is 8.22. The molecule has 0 aromatic heterocycles. The molecule has 0 aliphatic heterocycles. The minimum absolute atomic E-state index is 0.0271. The van der Waals surface area contributed by atoms with Crippen LogP contribution in [0.2, 0.25) is 0 Å². The molecular weight excluding hydrogens is 220 g/mol. The summed E-state index contributed by atoms with van der Waals surface area (Å²) in [4.78, 5) is 21.9. The summed E-state index contributed by atoms with van der Waals surface area (Å²) in [7, 11) is 0. The number of carbonyl (C=O) groups excluding carboxylic acids is 2. The number of hydrogen-bond acceptors (Lipinski definition) is 4. The summed E-state index contributed by atoms with van der Waals surface area (Å²) < 4.78 is 9.54. The molecule has 0 spiro atoms. The van der Waals surface area contributed by atoms with E-state index in [4.69, 9.17) is 4.74 Å². The van der Waals surface area contributed by atoms with Crippen LogP contribution in [0.4, 0.5) is 0 Å². The third-order valence-electron chi connectivity index (χ3n) is 1.71. The molecule has 0 aliphatic rings. The van der Waals surface area contributed by atoms with Gasteiger partial charge < -0.3 is 9.47 Å². The zero-order chi connectivity index (χ0) is 12.5. The van der Waals surface area contributed by atoms with Crippen LogP contribution in [-0.2, 0) is 14.3 Å². The van der Waals surface area contributed by atoms with Crippen LogP contribution in [0, 0.1) is 0 Å². The molecular formula is C13H12O4. The molecule has 1 rings (SSSR count). The maximum Gasteiger partial charge on any atom is 0.334 e. The fraction of sp³-hybridized carbons (Fsp3) is 0.0769. The molecule has 0 saturated heterocycles. The Morgan fingerprint density at radius 1 is 1.24 bits per heavy atom. The van der Waals surface area contributed by atoms with Crippen LogP contribution in [0.1, 0.15) is 6.42 Å². The normalized spacial score (nSPS) is 9.88. The van der Waals surface area contributed by atoms with E-state index in [1.54, 1.807) is 24.3 Å². The molecule has 4 heteroatoms. The highest BCUT2D eigenvalue weighted by molar-refractivity contribution is 5.81. The second kappa shape index (κ2) is 7.00. The van der Waals surface area contributed by atoms with Crippen molar-refractivity contribution < 1.29 is 19.1 Å². The van der Waals surface area contributed by atoms with E-state index < -0.39 is 11.9 Å². The van der Waals surface area contributed by atoms with Gasteiger partial charge in [0.25, 0.3) is 0 Å². The lowest BCUT2D eigenvalue weighted by molar-refractivity contribution is -0.134. The smallest absolute Gasteiger partial charge is 0.334 e. The van der Waals surface area contributed by atoms with Gasteiger partial charge in [-0.05, 0) is 18.2 Å². The molecule has 0 radical (unpaired) electrons. The summed E-state index contributed by atoms with van der Waals surface area (Å²) >= 11 is 0. The van der Waals surface area contributed by atoms with Gasteiger partial charge in [-0.3, -0.25) is 4.79 Å². The zero-order valence-electron chi connectivity index (χ0n) is 9.17. The molecule has 0 fully saturated rings. The lowest BCUT2D eigenvalue weighted by Crippen LogP contribution is -2.06. The Labute approximate surface area is 99.2 Å². The Kier molecular flexibility index (Phi) is 5.24. The number of esters is 2. The van der Waals surface area contributed by atoms with Crippen molar-refractivity contribution in [1.82, 2.24) is 0 Å². The molecule has 1 aromatic rings. The average Bonchev–Trinajstić information content (AvgIpc) is 2.35. The number of ether oxygens (including phenoxy) is 2. The topological polar surface area (TPSA) is 52.6 Å². The monoisotopic (exact) mass is 232 g/mol. The van der Waals surface area contributed by atoms with Gasteiger partial charge in [0, 0.05) is 6.08 Å². The van der Waals surface area contributed by atoms with Gasteiger partial charge in [0.1, 0.15) is 5.75 Å². The van der Waals surface area contributed by atoms with E-state index in [2.05, 4.69) is 11.3 Å². The summed E-state index contributed by atoms with van der Waals surface area (Å²) in [5.41, 5.74) is 0. The van der Waals surface area contributed by atoms with E-state index >= 15 is 0 Å². The molecule has 0 amide bonds. The molecule has 0 aliphatic carbocycles. The van der Waals surface area contributed by atoms with Crippen molar-refractivity contribution in [3.05, 3.63) is 55.3 Å². The van der Waals surface area contributed by atoms with Gasteiger partial charge in [0.15, 0.2) is 0 Å². The average molecular weight is 232 g/mol. The van der Waals surface area contributed by atoms with Crippen LogP contribution < -0.4 is 4.74 Å². The third kappa shape index (κ3) is 5.32. The Bertz CT molecular complexity index is 420. The second-order valence-electron chi connectivity index (χ2n) is 3.00. The molecule has 88 valence electrons. The Balaban J connectivity index is 2.31. The SMILES string of the molecule is C=CC(=O)OC=CCC(=O)Oc1ccccc1. The highest BCUT2D eigenvalue weighted by Crippen LogP contribution is 2.09. The van der Waals surface area contributed by atoms with Crippen molar-refractivity contribution in [3.8, 4) is 5.75 Å². The predicted molar refractivity (Wildman–Crippen MR) is 62.1 cm³/mol. The van der Waals surface area contributed by atoms with Crippen LogP contribution in [0.5, 0.6) is 5.75 Å². The van der Waals surface area contributed by atoms with E-state index in [1.165, 1.54) is 6.08 Å². The van der Waals surface area contributed by atoms with Crippen molar-refractivity contribution in [2.24, 2.45) is 0 Å². The number of rotatable bonds is 5. The largest absolute Gasteiger partial charge is 0.432 e. The van der Waals surface area contributed by atoms with Gasteiger partial charge in [-0.1, -0.05) is 24.8 Å². The first kappa shape index (κ1) is 12.7. The van der Waals surface area contributed by atoms with Gasteiger partial charge >= 0.3 is 11.9 Å². The van der Waals surface area contributed by atoms with Crippen molar-refractivity contribution in [2.45, 2.75) is 6.42 Å². The van der Waals surface area contributed by atoms with Gasteiger partial charge in [-0.25, -0.2) is 4.79 Å². The fourth-order valence-corrected chi connectivity index (χ4v) is 0.969. The van der Waals surface area contributed by atoms with Crippen LogP contribution in [0.3, 0.4) is 0 Å². The first-order valence-electron chi connectivity index (χ1n) is 4.96. The van der Waals surface area contributed by atoms with Gasteiger partial charge in [-0.15, -0.1) is 0 Å². The summed E-state index contributed by atoms with van der Waals surface area (Å²) in [6.07, 6.45) is 3.59. The minimum Gasteiger partial charge on any atom is -0.432 e. The first-order valence-corrected chi connectivity index (χ1v) is 4.96. The van der Waals surface area contributed by atoms with E-state index in [1.807, 2.05) is 6.07 Å². The molecule has 0 N–H and O–H groups in total. The molecule has 17 heavy (non-hydrogen) atoms. The van der Waals surface area contributed by atoms with E-state index in [0.29, 0.717) is 5.75 Å². The number of hydrogen-bond donors (Lipinski definition) is 0. The van der Waals surface area contributed by atoms with Crippen LogP contribution in [-0.4, -0.2) is 11.9 Å². The maximum absolute atomic E-state index is 11.3. The van der Waals surface area contributed by atoms with Crippen LogP contribution >= 0.6 is 0 Å². The van der Waals surface area contributed by atoms with Crippen LogP contribution in [0.25, 0.3) is 0 Å². The maximum atomic E-state index is 11.3. The van der Waals surface area contributed by atoms with E-state index in [0.717, 1.165) is 12.3 Å². The lowest BCUT2D eigenvalue weighted by Gasteiger charge is -2.00. The van der Waals surface area contributed by atoms with Crippen molar-refractivity contribution in [2.75, 3.05) is 0 Å². The zero-order valence-corrected chi connectivity index (χ0v) is 9.17. The molecule has 4 nitrogen and oxygen atoms in total. The minimum atomic E-state index is -0.572. The highest BCUT2D eigenvalue weighted by Gasteiger charge is 2.01. The lowest BCUT2D eigenvalue weighted by atomic mass is 10.3. The van der Waals surface area contributed by atoms with Gasteiger partial charge in [0.05, 0.1) is 12.7 Å². The van der Waals surface area contributed by atoms with Crippen LogP contribution in [0.15, 0.2) is 55.3 Å². The summed E-state index contributed by atoms with van der Waals surface area (Å²) in [6, 6.07) is 8.72. The van der Waals surface area contributed by atoms with Gasteiger partial charge in [0.2, 0.25) is 0 Å². The molecule has 0 heterocycles. The van der Waals surface area contributed by atoms with Crippen molar-refractivity contribution >= 4 is 11.9 Å². The third-order valence-corrected chi connectivity index (χ3v) is 1.71. The second-order valence-corrected chi connectivity index (χ2v) is 3.00. The fourth-order valence-electron chi connectivity index (χ4n) is 0.969. The summed E-state index contributed by atoms with van der Waals surface area (Å²) in [5.74, 6) is -0.520. The number of benzene rings is 1. The molecule has 0 atom stereocenters. The highest BCUT2D eigenvalue weighted by atomic mass is 16.5. The molecule has 0 unspecified atom stereocenters. The predicted octanol–water partition coefficient (Wildman–Crippen LogP) is 2.22. The Morgan fingerprint density at radius 3 is 2.59 bits per heavy atom. The number of para-hydroxylation sites is 1. The standard InChI is InChI=1S/C13H12O4/c1-2-12(14)16-10-6-9-13(15)17-11-7-4-3-5-8-11/h2-8,10H,1,9H2. The molecule has 0 bridgehead atoms. The Hall–Kier alpha value is -2.36. The molecule has 0 saturated carbocycles. The Morgan fingerprint density at radius 2 is 1.94 bits per heavy atom. The van der Waals surface area contributed by atoms with Gasteiger partial charge in [-0.2, -0.15) is 0 Å². The molecule has 1 aromatic carbocycles. The van der Waals surface area contributed by atoms with E-state index in [9.17, 15) is 9.59 Å².